The van der Waals surface area contributed by atoms with Crippen LogP contribution in [0.5, 0.6) is 0 Å². The smallest absolute Gasteiger partial charge is 0.262 e. The third-order valence-corrected chi connectivity index (χ3v) is 4.97. The number of piperidine rings is 1. The van der Waals surface area contributed by atoms with Crippen molar-refractivity contribution in [2.75, 3.05) is 0 Å². The maximum Gasteiger partial charge on any atom is 0.262 e. The summed E-state index contributed by atoms with van der Waals surface area (Å²) in [6.07, 6.45) is 3.01. The van der Waals surface area contributed by atoms with Crippen molar-refractivity contribution in [2.24, 2.45) is 0 Å². The summed E-state index contributed by atoms with van der Waals surface area (Å²) in [6.45, 7) is 0.0215. The Hall–Kier alpha value is -3.66. The molecule has 1 aromatic carbocycles. The van der Waals surface area contributed by atoms with Crippen molar-refractivity contribution < 1.29 is 24.3 Å². The fourth-order valence-corrected chi connectivity index (χ4v) is 3.56. The van der Waals surface area contributed by atoms with Gasteiger partial charge in [-0.15, -0.1) is 0 Å². The molecule has 2 aromatic rings. The topological polar surface area (TPSA) is 142 Å². The van der Waals surface area contributed by atoms with Gasteiger partial charge in [-0.25, -0.2) is 9.97 Å². The molecule has 2 aliphatic heterocycles. The Morgan fingerprint density at radius 1 is 1.21 bits per heavy atom. The van der Waals surface area contributed by atoms with Gasteiger partial charge in [-0.1, -0.05) is 12.1 Å². The third kappa shape index (κ3) is 3.34. The second-order valence-electron chi connectivity index (χ2n) is 6.75. The van der Waals surface area contributed by atoms with Crippen molar-refractivity contribution in [3.05, 3.63) is 59.2 Å². The van der Waals surface area contributed by atoms with Gasteiger partial charge >= 0.3 is 0 Å². The molecule has 3 heterocycles. The molecule has 10 nitrogen and oxygen atoms in total. The standard InChI is InChI=1S/C19H17N5O5/c25-14-5-4-13(17(27)23-14)24-18(28)12-3-1-2-10(15(12)19(24)29)8-22-16(26)11-6-20-9-21-7-11/h1-3,6-7,9,13,17,27H,4-5,8H2,(H,22,26)(H,23,25). The zero-order chi connectivity index (χ0) is 20.5. The summed E-state index contributed by atoms with van der Waals surface area (Å²) in [5, 5.41) is 15.2. The number of imide groups is 1. The van der Waals surface area contributed by atoms with Gasteiger partial charge in [0, 0.05) is 25.4 Å². The fraction of sp³-hybridized carbons (Fsp3) is 0.263. The van der Waals surface area contributed by atoms with Crippen molar-refractivity contribution in [2.45, 2.75) is 31.7 Å². The molecule has 1 saturated heterocycles. The van der Waals surface area contributed by atoms with Crippen LogP contribution >= 0.6 is 0 Å². The molecule has 1 fully saturated rings. The number of aromatic nitrogens is 2. The van der Waals surface area contributed by atoms with Crippen LogP contribution in [-0.4, -0.2) is 55.9 Å². The Kier molecular flexibility index (Phi) is 4.77. The van der Waals surface area contributed by atoms with Crippen molar-refractivity contribution in [1.29, 1.82) is 0 Å². The van der Waals surface area contributed by atoms with Crippen LogP contribution in [0.15, 0.2) is 36.9 Å². The van der Waals surface area contributed by atoms with Crippen LogP contribution in [0.4, 0.5) is 0 Å². The van der Waals surface area contributed by atoms with Gasteiger partial charge in [0.05, 0.1) is 22.7 Å². The SMILES string of the molecule is O=C1CCC(N2C(=O)c3cccc(CNC(=O)c4cncnc4)c3C2=O)C(O)N1. The van der Waals surface area contributed by atoms with Gasteiger partial charge in [0.1, 0.15) is 12.6 Å². The molecule has 4 rings (SSSR count). The van der Waals surface area contributed by atoms with E-state index in [0.717, 1.165) is 4.90 Å². The summed E-state index contributed by atoms with van der Waals surface area (Å²) >= 11 is 0. The van der Waals surface area contributed by atoms with Gasteiger partial charge < -0.3 is 15.7 Å². The molecule has 4 amide bonds. The van der Waals surface area contributed by atoms with E-state index >= 15 is 0 Å². The van der Waals surface area contributed by atoms with Crippen molar-refractivity contribution in [1.82, 2.24) is 25.5 Å². The number of aliphatic hydroxyl groups excluding tert-OH is 1. The third-order valence-electron chi connectivity index (χ3n) is 4.97. The molecule has 1 aromatic heterocycles. The summed E-state index contributed by atoms with van der Waals surface area (Å²) in [6, 6.07) is 3.96. The minimum absolute atomic E-state index is 0.0215. The summed E-state index contributed by atoms with van der Waals surface area (Å²) in [5.41, 5.74) is 1.13. The number of amides is 4. The number of hydrogen-bond donors (Lipinski definition) is 3. The Labute approximate surface area is 165 Å². The second kappa shape index (κ2) is 7.40. The van der Waals surface area contributed by atoms with Gasteiger partial charge in [0.2, 0.25) is 5.91 Å². The Bertz CT molecular complexity index is 1010. The Morgan fingerprint density at radius 2 is 1.97 bits per heavy atom. The number of nitrogens with one attached hydrogen (secondary N) is 2. The number of rotatable bonds is 4. The largest absolute Gasteiger partial charge is 0.372 e. The van der Waals surface area contributed by atoms with Crippen LogP contribution < -0.4 is 10.6 Å². The van der Waals surface area contributed by atoms with E-state index in [1.807, 2.05) is 0 Å². The monoisotopic (exact) mass is 395 g/mol. The molecule has 2 unspecified atom stereocenters. The first-order valence-corrected chi connectivity index (χ1v) is 8.98. The van der Waals surface area contributed by atoms with Crippen molar-refractivity contribution in [3.8, 4) is 0 Å². The molecule has 10 heteroatoms. The molecule has 0 spiro atoms. The van der Waals surface area contributed by atoms with E-state index < -0.39 is 30.0 Å². The lowest BCUT2D eigenvalue weighted by Crippen LogP contribution is -2.57. The predicted molar refractivity (Wildman–Crippen MR) is 97.3 cm³/mol. The Balaban J connectivity index is 1.56. The lowest BCUT2D eigenvalue weighted by atomic mass is 10.0. The minimum atomic E-state index is -1.32. The van der Waals surface area contributed by atoms with E-state index in [1.54, 1.807) is 12.1 Å². The van der Waals surface area contributed by atoms with Crippen molar-refractivity contribution in [3.63, 3.8) is 0 Å². The molecule has 148 valence electrons. The average Bonchev–Trinajstić information content (AvgIpc) is 2.98. The fourth-order valence-electron chi connectivity index (χ4n) is 3.56. The number of nitrogens with zero attached hydrogens (tertiary/aromatic N) is 3. The number of benzene rings is 1. The zero-order valence-electron chi connectivity index (χ0n) is 15.2. The zero-order valence-corrected chi connectivity index (χ0v) is 15.2. The van der Waals surface area contributed by atoms with Crippen LogP contribution in [0.1, 0.15) is 49.5 Å². The van der Waals surface area contributed by atoms with E-state index in [0.29, 0.717) is 5.56 Å². The quantitative estimate of drug-likeness (QED) is 0.598. The van der Waals surface area contributed by atoms with Crippen LogP contribution in [0.3, 0.4) is 0 Å². The molecular formula is C19H17N5O5. The molecule has 0 aliphatic carbocycles. The first kappa shape index (κ1) is 18.7. The summed E-state index contributed by atoms with van der Waals surface area (Å²) in [7, 11) is 0. The second-order valence-corrected chi connectivity index (χ2v) is 6.75. The van der Waals surface area contributed by atoms with E-state index in [2.05, 4.69) is 20.6 Å². The van der Waals surface area contributed by atoms with E-state index in [9.17, 15) is 24.3 Å². The number of aliphatic hydroxyl groups is 1. The highest BCUT2D eigenvalue weighted by Crippen LogP contribution is 2.30. The van der Waals surface area contributed by atoms with Gasteiger partial charge in [-0.3, -0.25) is 24.1 Å². The predicted octanol–water partition coefficient (Wildman–Crippen LogP) is -0.400. The number of carbonyl (C=O) groups excluding carboxylic acids is 4. The summed E-state index contributed by atoms with van der Waals surface area (Å²) in [4.78, 5) is 58.0. The molecule has 0 bridgehead atoms. The van der Waals surface area contributed by atoms with Crippen LogP contribution in [0, 0.1) is 0 Å². The van der Waals surface area contributed by atoms with Gasteiger partial charge in [0.15, 0.2) is 0 Å². The first-order valence-electron chi connectivity index (χ1n) is 8.98. The number of carbonyl (C=O) groups is 4. The highest BCUT2D eigenvalue weighted by atomic mass is 16.3. The highest BCUT2D eigenvalue weighted by molar-refractivity contribution is 6.22. The van der Waals surface area contributed by atoms with E-state index in [4.69, 9.17) is 0 Å². The van der Waals surface area contributed by atoms with Gasteiger partial charge in [-0.2, -0.15) is 0 Å². The maximum atomic E-state index is 13.0. The highest BCUT2D eigenvalue weighted by Gasteiger charge is 2.45. The Morgan fingerprint density at radius 3 is 2.69 bits per heavy atom. The molecule has 0 radical (unpaired) electrons. The molecule has 2 aliphatic rings. The van der Waals surface area contributed by atoms with Crippen molar-refractivity contribution >= 4 is 23.6 Å². The molecular weight excluding hydrogens is 378 g/mol. The van der Waals surface area contributed by atoms with E-state index in [-0.39, 0.29) is 42.0 Å². The lowest BCUT2D eigenvalue weighted by Gasteiger charge is -2.33. The minimum Gasteiger partial charge on any atom is -0.372 e. The van der Waals surface area contributed by atoms with Crippen LogP contribution in [-0.2, 0) is 11.3 Å². The summed E-state index contributed by atoms with van der Waals surface area (Å²) in [5.74, 6) is -1.84. The number of hydrogen-bond acceptors (Lipinski definition) is 7. The summed E-state index contributed by atoms with van der Waals surface area (Å²) < 4.78 is 0. The average molecular weight is 395 g/mol. The van der Waals surface area contributed by atoms with E-state index in [1.165, 1.54) is 24.8 Å². The maximum absolute atomic E-state index is 13.0. The van der Waals surface area contributed by atoms with Gasteiger partial charge in [0.25, 0.3) is 17.7 Å². The first-order chi connectivity index (χ1) is 14.0. The molecule has 29 heavy (non-hydrogen) atoms. The normalized spacial score (nSPS) is 21.0. The van der Waals surface area contributed by atoms with Gasteiger partial charge in [-0.05, 0) is 18.1 Å². The lowest BCUT2D eigenvalue weighted by molar-refractivity contribution is -0.129. The molecule has 0 saturated carbocycles. The van der Waals surface area contributed by atoms with Crippen LogP contribution in [0.2, 0.25) is 0 Å². The van der Waals surface area contributed by atoms with Crippen LogP contribution in [0.25, 0.3) is 0 Å². The molecule has 2 atom stereocenters. The number of fused-ring (bicyclic) bond motifs is 1. The molecule has 3 N–H and O–H groups in total.